The van der Waals surface area contributed by atoms with Gasteiger partial charge in [-0.1, -0.05) is 0 Å². The number of benzene rings is 1. The highest BCUT2D eigenvalue weighted by Crippen LogP contribution is 2.20. The van der Waals surface area contributed by atoms with E-state index in [1.165, 1.54) is 12.1 Å². The molecule has 4 nitrogen and oxygen atoms in total. The first kappa shape index (κ1) is 17.9. The van der Waals surface area contributed by atoms with Gasteiger partial charge >= 0.3 is 0 Å². The van der Waals surface area contributed by atoms with Crippen molar-refractivity contribution in [3.8, 4) is 5.75 Å². The van der Waals surface area contributed by atoms with Gasteiger partial charge in [0.25, 0.3) is 0 Å². The van der Waals surface area contributed by atoms with Crippen molar-refractivity contribution in [1.82, 2.24) is 5.32 Å². The van der Waals surface area contributed by atoms with Crippen molar-refractivity contribution >= 4 is 0 Å². The number of hydrogen-bond acceptors (Lipinski definition) is 4. The summed E-state index contributed by atoms with van der Waals surface area (Å²) in [6, 6.07) is 4.39. The van der Waals surface area contributed by atoms with Crippen LogP contribution in [0.3, 0.4) is 0 Å². The van der Waals surface area contributed by atoms with E-state index in [4.69, 9.17) is 9.47 Å². The van der Waals surface area contributed by atoms with Crippen LogP contribution in [0, 0.1) is 5.82 Å². The Bertz CT molecular complexity index is 432. The Kier molecular flexibility index (Phi) is 7.08. The third kappa shape index (κ3) is 7.41. The lowest BCUT2D eigenvalue weighted by molar-refractivity contribution is 0.0162. The van der Waals surface area contributed by atoms with E-state index in [-0.39, 0.29) is 24.6 Å². The molecule has 0 aromatic heterocycles. The van der Waals surface area contributed by atoms with Crippen molar-refractivity contribution in [2.24, 2.45) is 0 Å². The normalized spacial score (nSPS) is 13.2. The van der Waals surface area contributed by atoms with Gasteiger partial charge in [0.05, 0.1) is 6.61 Å². The summed E-state index contributed by atoms with van der Waals surface area (Å²) in [5.41, 5.74) is 0.659. The van der Waals surface area contributed by atoms with Crippen LogP contribution in [0.15, 0.2) is 18.2 Å². The summed E-state index contributed by atoms with van der Waals surface area (Å²) < 4.78 is 24.1. The Morgan fingerprint density at radius 2 is 2.00 bits per heavy atom. The third-order valence-electron chi connectivity index (χ3n) is 2.78. The number of aliphatic hydroxyl groups is 1. The van der Waals surface area contributed by atoms with E-state index in [1.807, 2.05) is 27.7 Å². The van der Waals surface area contributed by atoms with Gasteiger partial charge in [-0.05, 0) is 45.9 Å². The van der Waals surface area contributed by atoms with E-state index in [0.717, 1.165) is 5.56 Å². The summed E-state index contributed by atoms with van der Waals surface area (Å²) in [6.07, 6.45) is -0.696. The standard InChI is InChI=1S/C16H26FNO3/c1-5-20-10-14(19)11-21-15-7-6-13(17)8-12(15)9-18-16(2,3)4/h6-8,14,18-19H,5,9-11H2,1-4H3. The Balaban J connectivity index is 2.64. The number of rotatable bonds is 8. The lowest BCUT2D eigenvalue weighted by Gasteiger charge is -2.22. The van der Waals surface area contributed by atoms with Crippen LogP contribution >= 0.6 is 0 Å². The zero-order chi connectivity index (χ0) is 15.9. The molecule has 0 aliphatic heterocycles. The highest BCUT2D eigenvalue weighted by Gasteiger charge is 2.13. The van der Waals surface area contributed by atoms with E-state index in [0.29, 0.717) is 18.9 Å². The van der Waals surface area contributed by atoms with Crippen LogP contribution in [0.2, 0.25) is 0 Å². The molecule has 1 atom stereocenters. The molecule has 1 aromatic carbocycles. The molecule has 120 valence electrons. The van der Waals surface area contributed by atoms with Crippen molar-refractivity contribution in [3.05, 3.63) is 29.6 Å². The van der Waals surface area contributed by atoms with Crippen molar-refractivity contribution < 1.29 is 19.0 Å². The lowest BCUT2D eigenvalue weighted by Crippen LogP contribution is -2.35. The molecule has 21 heavy (non-hydrogen) atoms. The van der Waals surface area contributed by atoms with Crippen LogP contribution in [0.25, 0.3) is 0 Å². The van der Waals surface area contributed by atoms with Crippen molar-refractivity contribution in [3.63, 3.8) is 0 Å². The number of nitrogens with one attached hydrogen (secondary N) is 1. The molecular weight excluding hydrogens is 273 g/mol. The van der Waals surface area contributed by atoms with Crippen LogP contribution in [0.4, 0.5) is 4.39 Å². The van der Waals surface area contributed by atoms with Gasteiger partial charge in [-0.25, -0.2) is 4.39 Å². The monoisotopic (exact) mass is 299 g/mol. The zero-order valence-electron chi connectivity index (χ0n) is 13.3. The van der Waals surface area contributed by atoms with Crippen LogP contribution in [0.1, 0.15) is 33.3 Å². The van der Waals surface area contributed by atoms with Gasteiger partial charge in [-0.3, -0.25) is 0 Å². The molecule has 0 spiro atoms. The molecule has 0 bridgehead atoms. The van der Waals surface area contributed by atoms with Crippen molar-refractivity contribution in [1.29, 1.82) is 0 Å². The van der Waals surface area contributed by atoms with Gasteiger partial charge in [0.2, 0.25) is 0 Å². The minimum Gasteiger partial charge on any atom is -0.490 e. The fraction of sp³-hybridized carbons (Fsp3) is 0.625. The van der Waals surface area contributed by atoms with Crippen molar-refractivity contribution in [2.75, 3.05) is 19.8 Å². The smallest absolute Gasteiger partial charge is 0.124 e. The molecule has 5 heteroatoms. The average Bonchev–Trinajstić information content (AvgIpc) is 2.41. The molecule has 1 aromatic rings. The number of ether oxygens (including phenoxy) is 2. The first-order valence-electron chi connectivity index (χ1n) is 7.24. The maximum Gasteiger partial charge on any atom is 0.124 e. The largest absolute Gasteiger partial charge is 0.490 e. The van der Waals surface area contributed by atoms with Crippen LogP contribution in [0.5, 0.6) is 5.75 Å². The summed E-state index contributed by atoms with van der Waals surface area (Å²) in [7, 11) is 0. The quantitative estimate of drug-likeness (QED) is 0.774. The van der Waals surface area contributed by atoms with Crippen LogP contribution < -0.4 is 10.1 Å². The first-order valence-corrected chi connectivity index (χ1v) is 7.24. The summed E-state index contributed by atoms with van der Waals surface area (Å²) in [5.74, 6) is 0.270. The van der Waals surface area contributed by atoms with Gasteiger partial charge < -0.3 is 19.9 Å². The molecule has 0 aliphatic carbocycles. The fourth-order valence-corrected chi connectivity index (χ4v) is 1.68. The number of aliphatic hydroxyl groups excluding tert-OH is 1. The number of hydrogen-bond donors (Lipinski definition) is 2. The van der Waals surface area contributed by atoms with E-state index < -0.39 is 6.10 Å². The zero-order valence-corrected chi connectivity index (χ0v) is 13.3. The fourth-order valence-electron chi connectivity index (χ4n) is 1.68. The van der Waals surface area contributed by atoms with Gasteiger partial charge in [0.1, 0.15) is 24.3 Å². The minimum atomic E-state index is -0.696. The molecule has 0 amide bonds. The van der Waals surface area contributed by atoms with E-state index in [9.17, 15) is 9.50 Å². The van der Waals surface area contributed by atoms with Gasteiger partial charge in [-0.2, -0.15) is 0 Å². The Morgan fingerprint density at radius 3 is 2.62 bits per heavy atom. The molecule has 0 aliphatic rings. The molecule has 2 N–H and O–H groups in total. The van der Waals surface area contributed by atoms with Crippen LogP contribution in [-0.2, 0) is 11.3 Å². The molecule has 0 saturated carbocycles. The Morgan fingerprint density at radius 1 is 1.29 bits per heavy atom. The van der Waals surface area contributed by atoms with E-state index in [2.05, 4.69) is 5.32 Å². The van der Waals surface area contributed by atoms with Gasteiger partial charge in [-0.15, -0.1) is 0 Å². The maximum absolute atomic E-state index is 13.4. The highest BCUT2D eigenvalue weighted by atomic mass is 19.1. The topological polar surface area (TPSA) is 50.7 Å². The van der Waals surface area contributed by atoms with Crippen molar-refractivity contribution in [2.45, 2.75) is 45.9 Å². The second-order valence-electron chi connectivity index (χ2n) is 5.98. The SMILES string of the molecule is CCOCC(O)COc1ccc(F)cc1CNC(C)(C)C. The predicted molar refractivity (Wildman–Crippen MR) is 81.0 cm³/mol. The second kappa shape index (κ2) is 8.32. The second-order valence-corrected chi connectivity index (χ2v) is 5.98. The highest BCUT2D eigenvalue weighted by molar-refractivity contribution is 5.34. The summed E-state index contributed by atoms with van der Waals surface area (Å²) in [6.45, 7) is 9.38. The summed E-state index contributed by atoms with van der Waals surface area (Å²) in [4.78, 5) is 0. The minimum absolute atomic E-state index is 0.0714. The Hall–Kier alpha value is -1.17. The maximum atomic E-state index is 13.4. The summed E-state index contributed by atoms with van der Waals surface area (Å²) in [5, 5.41) is 13.0. The lowest BCUT2D eigenvalue weighted by atomic mass is 10.1. The molecule has 0 radical (unpaired) electrons. The van der Waals surface area contributed by atoms with Gasteiger partial charge in [0, 0.05) is 24.3 Å². The number of halogens is 1. The summed E-state index contributed by atoms with van der Waals surface area (Å²) >= 11 is 0. The molecule has 0 saturated heterocycles. The molecule has 1 rings (SSSR count). The van der Waals surface area contributed by atoms with E-state index in [1.54, 1.807) is 6.07 Å². The molecular formula is C16H26FNO3. The predicted octanol–water partition coefficient (Wildman–Crippen LogP) is 2.49. The first-order chi connectivity index (χ1) is 9.81. The Labute approximate surface area is 126 Å². The molecule has 1 unspecified atom stereocenters. The van der Waals surface area contributed by atoms with Crippen LogP contribution in [-0.4, -0.2) is 36.6 Å². The molecule has 0 fully saturated rings. The van der Waals surface area contributed by atoms with E-state index >= 15 is 0 Å². The third-order valence-corrected chi connectivity index (χ3v) is 2.78. The average molecular weight is 299 g/mol. The molecule has 0 heterocycles. The van der Waals surface area contributed by atoms with Gasteiger partial charge in [0.15, 0.2) is 0 Å².